The SMILES string of the molecule is Cc1nc(Cl)sc1S(=O)(=O)NCCN1CCCCC1. The maximum Gasteiger partial charge on any atom is 0.252 e. The van der Waals surface area contributed by atoms with E-state index in [2.05, 4.69) is 14.6 Å². The molecule has 0 saturated carbocycles. The first kappa shape index (κ1) is 15.2. The number of halogens is 1. The summed E-state index contributed by atoms with van der Waals surface area (Å²) in [6, 6.07) is 0. The number of nitrogens with zero attached hydrogens (tertiary/aromatic N) is 2. The van der Waals surface area contributed by atoms with Crippen LogP contribution in [0.1, 0.15) is 25.0 Å². The van der Waals surface area contributed by atoms with E-state index in [0.29, 0.717) is 12.2 Å². The van der Waals surface area contributed by atoms with Crippen molar-refractivity contribution >= 4 is 33.0 Å². The summed E-state index contributed by atoms with van der Waals surface area (Å²) in [7, 11) is -3.48. The van der Waals surface area contributed by atoms with E-state index in [1.165, 1.54) is 19.3 Å². The van der Waals surface area contributed by atoms with Gasteiger partial charge in [-0.15, -0.1) is 0 Å². The Balaban J connectivity index is 1.89. The van der Waals surface area contributed by atoms with Crippen molar-refractivity contribution in [2.45, 2.75) is 30.4 Å². The Hall–Kier alpha value is -0.210. The molecular weight excluding hydrogens is 306 g/mol. The van der Waals surface area contributed by atoms with Crippen molar-refractivity contribution in [3.63, 3.8) is 0 Å². The van der Waals surface area contributed by atoms with Crippen molar-refractivity contribution in [3.05, 3.63) is 10.2 Å². The highest BCUT2D eigenvalue weighted by molar-refractivity contribution is 7.91. The Kier molecular flexibility index (Phi) is 5.19. The lowest BCUT2D eigenvalue weighted by Crippen LogP contribution is -2.37. The molecule has 1 aromatic heterocycles. The van der Waals surface area contributed by atoms with Crippen molar-refractivity contribution in [2.75, 3.05) is 26.2 Å². The van der Waals surface area contributed by atoms with Gasteiger partial charge >= 0.3 is 0 Å². The molecule has 1 fully saturated rings. The molecule has 1 aliphatic heterocycles. The van der Waals surface area contributed by atoms with Gasteiger partial charge < -0.3 is 4.90 Å². The molecule has 1 saturated heterocycles. The number of likely N-dealkylation sites (tertiary alicyclic amines) is 1. The van der Waals surface area contributed by atoms with Crippen LogP contribution in [-0.2, 0) is 10.0 Å². The Morgan fingerprint density at radius 3 is 2.63 bits per heavy atom. The van der Waals surface area contributed by atoms with E-state index in [4.69, 9.17) is 11.6 Å². The first-order valence-corrected chi connectivity index (χ1v) is 9.02. The monoisotopic (exact) mass is 323 g/mol. The topological polar surface area (TPSA) is 62.3 Å². The summed E-state index contributed by atoms with van der Waals surface area (Å²) in [5.74, 6) is 0. The predicted molar refractivity (Wildman–Crippen MR) is 77.3 cm³/mol. The van der Waals surface area contributed by atoms with Gasteiger partial charge in [-0.1, -0.05) is 29.4 Å². The smallest absolute Gasteiger partial charge is 0.252 e. The van der Waals surface area contributed by atoms with E-state index < -0.39 is 10.0 Å². The van der Waals surface area contributed by atoms with Crippen LogP contribution < -0.4 is 4.72 Å². The van der Waals surface area contributed by atoms with E-state index in [1.807, 2.05) is 0 Å². The summed E-state index contributed by atoms with van der Waals surface area (Å²) in [6.45, 7) is 4.96. The van der Waals surface area contributed by atoms with Gasteiger partial charge in [0.25, 0.3) is 10.0 Å². The Bertz CT molecular complexity index is 524. The number of sulfonamides is 1. The van der Waals surface area contributed by atoms with Crippen LogP contribution in [0.3, 0.4) is 0 Å². The lowest BCUT2D eigenvalue weighted by molar-refractivity contribution is 0.233. The van der Waals surface area contributed by atoms with Crippen molar-refractivity contribution in [1.29, 1.82) is 0 Å². The van der Waals surface area contributed by atoms with E-state index >= 15 is 0 Å². The summed E-state index contributed by atoms with van der Waals surface area (Å²) >= 11 is 6.73. The van der Waals surface area contributed by atoms with Gasteiger partial charge in [-0.05, 0) is 32.9 Å². The van der Waals surface area contributed by atoms with Crippen LogP contribution in [0, 0.1) is 6.92 Å². The van der Waals surface area contributed by atoms with Crippen LogP contribution in [0.25, 0.3) is 0 Å². The fourth-order valence-corrected chi connectivity index (χ4v) is 4.99. The highest BCUT2D eigenvalue weighted by atomic mass is 35.5. The van der Waals surface area contributed by atoms with Crippen molar-refractivity contribution in [3.8, 4) is 0 Å². The van der Waals surface area contributed by atoms with Gasteiger partial charge in [0.05, 0.1) is 5.69 Å². The minimum Gasteiger partial charge on any atom is -0.302 e. The number of rotatable bonds is 5. The molecule has 8 heteroatoms. The zero-order chi connectivity index (χ0) is 13.9. The van der Waals surface area contributed by atoms with E-state index in [9.17, 15) is 8.42 Å². The zero-order valence-corrected chi connectivity index (χ0v) is 13.2. The molecule has 1 aromatic rings. The number of hydrogen-bond donors (Lipinski definition) is 1. The Morgan fingerprint density at radius 2 is 2.05 bits per heavy atom. The summed E-state index contributed by atoms with van der Waals surface area (Å²) in [4.78, 5) is 6.22. The zero-order valence-electron chi connectivity index (χ0n) is 10.9. The number of nitrogens with one attached hydrogen (secondary N) is 1. The van der Waals surface area contributed by atoms with Crippen molar-refractivity contribution in [2.24, 2.45) is 0 Å². The predicted octanol–water partition coefficient (Wildman–Crippen LogP) is 1.87. The average Bonchev–Trinajstić information content (AvgIpc) is 2.70. The molecule has 19 heavy (non-hydrogen) atoms. The lowest BCUT2D eigenvalue weighted by atomic mass is 10.1. The molecule has 108 valence electrons. The standard InChI is InChI=1S/C11H18ClN3O2S2/c1-9-10(18-11(12)14-9)19(16,17)13-5-8-15-6-3-2-4-7-15/h13H,2-8H2,1H3. The molecule has 0 aliphatic carbocycles. The maximum atomic E-state index is 12.1. The number of thiazole rings is 1. The summed E-state index contributed by atoms with van der Waals surface area (Å²) in [5.41, 5.74) is 0.459. The normalized spacial score (nSPS) is 17.8. The van der Waals surface area contributed by atoms with Crippen LogP contribution in [0.2, 0.25) is 4.47 Å². The molecule has 0 radical (unpaired) electrons. The summed E-state index contributed by atoms with van der Waals surface area (Å²) < 4.78 is 27.3. The first-order valence-electron chi connectivity index (χ1n) is 6.34. The molecular formula is C11H18ClN3O2S2. The maximum absolute atomic E-state index is 12.1. The van der Waals surface area contributed by atoms with Gasteiger partial charge in [-0.3, -0.25) is 0 Å². The number of aromatic nitrogens is 1. The quantitative estimate of drug-likeness (QED) is 0.898. The van der Waals surface area contributed by atoms with Crippen LogP contribution in [0.5, 0.6) is 0 Å². The van der Waals surface area contributed by atoms with E-state index in [-0.39, 0.29) is 8.68 Å². The van der Waals surface area contributed by atoms with Gasteiger partial charge in [0.15, 0.2) is 8.68 Å². The van der Waals surface area contributed by atoms with Crippen molar-refractivity contribution < 1.29 is 8.42 Å². The fraction of sp³-hybridized carbons (Fsp3) is 0.727. The summed E-state index contributed by atoms with van der Waals surface area (Å²) in [6.07, 6.45) is 3.69. The molecule has 0 unspecified atom stereocenters. The minimum absolute atomic E-state index is 0.219. The second-order valence-electron chi connectivity index (χ2n) is 4.64. The van der Waals surface area contributed by atoms with Gasteiger partial charge in [-0.25, -0.2) is 18.1 Å². The highest BCUT2D eigenvalue weighted by Gasteiger charge is 2.21. The van der Waals surface area contributed by atoms with E-state index in [0.717, 1.165) is 31.0 Å². The number of piperidine rings is 1. The molecule has 0 spiro atoms. The molecule has 5 nitrogen and oxygen atoms in total. The van der Waals surface area contributed by atoms with Gasteiger partial charge in [-0.2, -0.15) is 0 Å². The van der Waals surface area contributed by atoms with Gasteiger partial charge in [0.1, 0.15) is 0 Å². The molecule has 1 aliphatic rings. The van der Waals surface area contributed by atoms with Gasteiger partial charge in [0.2, 0.25) is 0 Å². The van der Waals surface area contributed by atoms with Gasteiger partial charge in [0, 0.05) is 13.1 Å². The van der Waals surface area contributed by atoms with Crippen molar-refractivity contribution in [1.82, 2.24) is 14.6 Å². The molecule has 0 aromatic carbocycles. The Morgan fingerprint density at radius 1 is 1.37 bits per heavy atom. The molecule has 0 atom stereocenters. The lowest BCUT2D eigenvalue weighted by Gasteiger charge is -2.26. The molecule has 2 rings (SSSR count). The molecule has 0 bridgehead atoms. The molecule has 2 heterocycles. The highest BCUT2D eigenvalue weighted by Crippen LogP contribution is 2.26. The summed E-state index contributed by atoms with van der Waals surface area (Å²) in [5, 5.41) is 0. The first-order chi connectivity index (χ1) is 8.99. The largest absolute Gasteiger partial charge is 0.302 e. The average molecular weight is 324 g/mol. The molecule has 0 amide bonds. The third-order valence-electron chi connectivity index (χ3n) is 3.14. The molecule has 1 N–H and O–H groups in total. The second-order valence-corrected chi connectivity index (χ2v) is 8.18. The van der Waals surface area contributed by atoms with E-state index in [1.54, 1.807) is 6.92 Å². The van der Waals surface area contributed by atoms with Crippen LogP contribution in [0.15, 0.2) is 4.21 Å². The minimum atomic E-state index is -3.48. The fourth-order valence-electron chi connectivity index (χ4n) is 2.19. The third-order valence-corrected chi connectivity index (χ3v) is 6.47. The Labute approximate surface area is 123 Å². The number of aryl methyl sites for hydroxylation is 1. The van der Waals surface area contributed by atoms with Crippen LogP contribution in [0.4, 0.5) is 0 Å². The number of hydrogen-bond acceptors (Lipinski definition) is 5. The second kappa shape index (κ2) is 6.49. The third kappa shape index (κ3) is 4.13. The van der Waals surface area contributed by atoms with Crippen LogP contribution >= 0.6 is 22.9 Å². The van der Waals surface area contributed by atoms with Crippen LogP contribution in [-0.4, -0.2) is 44.5 Å².